The molecule has 1 aliphatic heterocycles. The number of piperidine rings is 1. The van der Waals surface area contributed by atoms with Gasteiger partial charge in [-0.15, -0.1) is 0 Å². The van der Waals surface area contributed by atoms with Gasteiger partial charge in [0.15, 0.2) is 5.65 Å². The number of carbonyl (C=O) groups is 1. The van der Waals surface area contributed by atoms with Crippen molar-refractivity contribution < 1.29 is 23.4 Å². The van der Waals surface area contributed by atoms with E-state index < -0.39 is 24.7 Å². The highest BCUT2D eigenvalue weighted by Crippen LogP contribution is 2.38. The Balaban J connectivity index is 1.58. The van der Waals surface area contributed by atoms with Crippen molar-refractivity contribution in [3.63, 3.8) is 0 Å². The summed E-state index contributed by atoms with van der Waals surface area (Å²) in [4.78, 5) is 17.4. The Kier molecular flexibility index (Phi) is 6.32. The van der Waals surface area contributed by atoms with Crippen molar-refractivity contribution in [2.24, 2.45) is 0 Å². The van der Waals surface area contributed by atoms with Crippen LogP contribution < -0.4 is 15.4 Å². The van der Waals surface area contributed by atoms with Crippen LogP contribution in [0.4, 0.5) is 14.5 Å². The third-order valence-electron chi connectivity index (χ3n) is 5.67. The van der Waals surface area contributed by atoms with Crippen LogP contribution in [0.5, 0.6) is 5.75 Å². The van der Waals surface area contributed by atoms with Gasteiger partial charge in [0.25, 0.3) is 5.91 Å². The van der Waals surface area contributed by atoms with Gasteiger partial charge < -0.3 is 20.5 Å². The van der Waals surface area contributed by atoms with Gasteiger partial charge in [-0.05, 0) is 37.2 Å². The molecule has 0 aliphatic carbocycles. The number of carbonyl (C=O) groups excluding carboxylic acids is 1. The van der Waals surface area contributed by atoms with Gasteiger partial charge in [0.2, 0.25) is 0 Å². The summed E-state index contributed by atoms with van der Waals surface area (Å²) in [6.45, 7) is -1.99. The van der Waals surface area contributed by atoms with Crippen LogP contribution >= 0.6 is 11.6 Å². The maximum Gasteiger partial charge on any atom is 0.387 e. The first-order valence-electron chi connectivity index (χ1n) is 10.7. The molecule has 1 fully saturated rings. The van der Waals surface area contributed by atoms with E-state index in [1.165, 1.54) is 39.8 Å². The first-order chi connectivity index (χ1) is 16.9. The number of nitrogens with zero attached hydrogens (tertiary/aromatic N) is 5. The minimum atomic E-state index is -3.08. The predicted molar refractivity (Wildman–Crippen MR) is 123 cm³/mol. The topological polar surface area (TPSA) is 119 Å². The molecule has 0 bridgehead atoms. The van der Waals surface area contributed by atoms with E-state index in [1.54, 1.807) is 18.5 Å². The Hall–Kier alpha value is -3.61. The Morgan fingerprint density at radius 3 is 3.03 bits per heavy atom. The highest BCUT2D eigenvalue weighted by atomic mass is 35.5. The standard InChI is InChI=1S/C22H20ClF2N7O3/c23-12-2-3-18(35-22(24)25)13(8-12)19-15(11-32(30-19)16-10-26-6-4-17(16)33)29-21(34)14-9-28-31-7-1-5-27-20(14)31/h1-3,5,7-9,11,16-17,22,26,33H,4,6,10H2,(H,29,34)/t16-,17?/m1/s1. The normalized spacial score (nSPS) is 18.2. The Morgan fingerprint density at radius 2 is 2.23 bits per heavy atom. The largest absolute Gasteiger partial charge is 0.434 e. The lowest BCUT2D eigenvalue weighted by molar-refractivity contribution is -0.0494. The van der Waals surface area contributed by atoms with Crippen molar-refractivity contribution >= 4 is 28.8 Å². The van der Waals surface area contributed by atoms with Crippen LogP contribution in [0.1, 0.15) is 22.8 Å². The molecule has 1 aliphatic rings. The first-order valence-corrected chi connectivity index (χ1v) is 11.1. The number of aliphatic hydroxyl groups excluding tert-OH is 1. The molecule has 3 N–H and O–H groups in total. The van der Waals surface area contributed by atoms with E-state index in [-0.39, 0.29) is 33.3 Å². The second-order valence-corrected chi connectivity index (χ2v) is 8.35. The highest BCUT2D eigenvalue weighted by molar-refractivity contribution is 6.31. The zero-order valence-electron chi connectivity index (χ0n) is 18.1. The average molecular weight is 504 g/mol. The molecule has 0 saturated carbocycles. The number of fused-ring (bicyclic) bond motifs is 1. The maximum absolute atomic E-state index is 13.2. The summed E-state index contributed by atoms with van der Waals surface area (Å²) >= 11 is 6.15. The molecule has 3 aromatic heterocycles. The molecule has 0 radical (unpaired) electrons. The van der Waals surface area contributed by atoms with Crippen molar-refractivity contribution in [3.05, 3.63) is 59.6 Å². The van der Waals surface area contributed by atoms with E-state index in [9.17, 15) is 18.7 Å². The van der Waals surface area contributed by atoms with Crippen molar-refractivity contribution in [3.8, 4) is 17.0 Å². The Bertz CT molecular complexity index is 1380. The molecule has 1 unspecified atom stereocenters. The van der Waals surface area contributed by atoms with Crippen LogP contribution in [-0.4, -0.2) is 61.2 Å². The second kappa shape index (κ2) is 9.56. The Labute approximate surface area is 202 Å². The number of aromatic nitrogens is 5. The van der Waals surface area contributed by atoms with Crippen molar-refractivity contribution in [2.45, 2.75) is 25.2 Å². The predicted octanol–water partition coefficient (Wildman–Crippen LogP) is 3.00. The van der Waals surface area contributed by atoms with Gasteiger partial charge in [0.1, 0.15) is 17.0 Å². The first kappa shape index (κ1) is 23.1. The minimum Gasteiger partial charge on any atom is -0.434 e. The summed E-state index contributed by atoms with van der Waals surface area (Å²) in [6, 6.07) is 5.38. The molecular formula is C22H20ClF2N7O3. The van der Waals surface area contributed by atoms with Crippen LogP contribution in [0.25, 0.3) is 16.9 Å². The summed E-state index contributed by atoms with van der Waals surface area (Å²) in [7, 11) is 0. The van der Waals surface area contributed by atoms with Gasteiger partial charge in [0.05, 0.1) is 24.0 Å². The molecule has 4 aromatic rings. The van der Waals surface area contributed by atoms with Crippen LogP contribution in [0.15, 0.2) is 49.1 Å². The quantitative estimate of drug-likeness (QED) is 0.370. The lowest BCUT2D eigenvalue weighted by atomic mass is 10.0. The van der Waals surface area contributed by atoms with E-state index in [2.05, 4.69) is 30.6 Å². The van der Waals surface area contributed by atoms with E-state index in [4.69, 9.17) is 11.6 Å². The highest BCUT2D eigenvalue weighted by Gasteiger charge is 2.28. The van der Waals surface area contributed by atoms with Crippen molar-refractivity contribution in [1.82, 2.24) is 29.7 Å². The van der Waals surface area contributed by atoms with Gasteiger partial charge in [-0.25, -0.2) is 9.50 Å². The number of nitrogens with one attached hydrogen (secondary N) is 2. The van der Waals surface area contributed by atoms with Gasteiger partial charge in [-0.3, -0.25) is 9.48 Å². The minimum absolute atomic E-state index is 0.152. The SMILES string of the molecule is O=C(Nc1cn([C@@H]2CNCCC2O)nc1-c1cc(Cl)ccc1OC(F)F)c1cnn2cccnc12. The molecule has 10 nitrogen and oxygen atoms in total. The van der Waals surface area contributed by atoms with Crippen LogP contribution in [0, 0.1) is 0 Å². The number of anilines is 1. The number of halogens is 3. The zero-order valence-corrected chi connectivity index (χ0v) is 18.9. The van der Waals surface area contributed by atoms with E-state index in [0.717, 1.165) is 0 Å². The van der Waals surface area contributed by atoms with Gasteiger partial charge in [-0.2, -0.15) is 19.0 Å². The average Bonchev–Trinajstić information content (AvgIpc) is 3.45. The fraction of sp³-hybridized carbons (Fsp3) is 0.273. The van der Waals surface area contributed by atoms with Gasteiger partial charge in [-0.1, -0.05) is 11.6 Å². The lowest BCUT2D eigenvalue weighted by Crippen LogP contribution is -2.41. The third-order valence-corrected chi connectivity index (χ3v) is 5.91. The number of alkyl halides is 2. The number of aliphatic hydroxyl groups is 1. The summed E-state index contributed by atoms with van der Waals surface area (Å²) in [6.07, 6.45) is 5.93. The number of amides is 1. The smallest absolute Gasteiger partial charge is 0.387 e. The number of rotatable bonds is 6. The van der Waals surface area contributed by atoms with Gasteiger partial charge >= 0.3 is 6.61 Å². The van der Waals surface area contributed by atoms with E-state index >= 15 is 0 Å². The summed E-state index contributed by atoms with van der Waals surface area (Å²) in [5, 5.41) is 25.4. The molecule has 182 valence electrons. The number of hydrogen-bond donors (Lipinski definition) is 3. The van der Waals surface area contributed by atoms with E-state index in [1.807, 2.05) is 0 Å². The maximum atomic E-state index is 13.2. The monoisotopic (exact) mass is 503 g/mol. The molecule has 1 saturated heterocycles. The van der Waals surface area contributed by atoms with E-state index in [0.29, 0.717) is 25.2 Å². The molecule has 0 spiro atoms. The molecule has 1 amide bonds. The fourth-order valence-electron chi connectivity index (χ4n) is 4.01. The molecule has 5 rings (SSSR count). The molecule has 4 heterocycles. The summed E-state index contributed by atoms with van der Waals surface area (Å²) < 4.78 is 33.8. The van der Waals surface area contributed by atoms with Gasteiger partial charge in [0, 0.05) is 35.7 Å². The summed E-state index contributed by atoms with van der Waals surface area (Å²) in [5.74, 6) is -0.690. The van der Waals surface area contributed by atoms with Crippen molar-refractivity contribution in [2.75, 3.05) is 18.4 Å². The lowest BCUT2D eigenvalue weighted by Gasteiger charge is -2.28. The summed E-state index contributed by atoms with van der Waals surface area (Å²) in [5.41, 5.74) is 1.07. The van der Waals surface area contributed by atoms with Crippen molar-refractivity contribution in [1.29, 1.82) is 0 Å². The Morgan fingerprint density at radius 1 is 1.37 bits per heavy atom. The molecule has 13 heteroatoms. The molecular weight excluding hydrogens is 484 g/mol. The molecule has 35 heavy (non-hydrogen) atoms. The number of ether oxygens (including phenoxy) is 1. The van der Waals surface area contributed by atoms with Crippen LogP contribution in [-0.2, 0) is 0 Å². The third kappa shape index (κ3) is 4.67. The molecule has 1 aromatic carbocycles. The zero-order chi connectivity index (χ0) is 24.5. The van der Waals surface area contributed by atoms with Crippen LogP contribution in [0.3, 0.4) is 0 Å². The fourth-order valence-corrected chi connectivity index (χ4v) is 4.19. The van der Waals surface area contributed by atoms with Crippen LogP contribution in [0.2, 0.25) is 5.02 Å². The second-order valence-electron chi connectivity index (χ2n) is 7.92. The number of benzene rings is 1. The molecule has 2 atom stereocenters. The number of hydrogen-bond acceptors (Lipinski definition) is 7.